The Balaban J connectivity index is 1.51. The Kier molecular flexibility index (Phi) is 6.15. The molecule has 0 aliphatic rings. The number of hydrazine groups is 1. The van der Waals surface area contributed by atoms with E-state index in [-0.39, 0.29) is 18.1 Å². The van der Waals surface area contributed by atoms with Crippen molar-refractivity contribution in [2.45, 2.75) is 6.61 Å². The lowest BCUT2D eigenvalue weighted by Crippen LogP contribution is -2.41. The molecule has 0 saturated carbocycles. The van der Waals surface area contributed by atoms with Gasteiger partial charge in [0.2, 0.25) is 0 Å². The average Bonchev–Trinajstić information content (AvgIpc) is 3.15. The van der Waals surface area contributed by atoms with Crippen LogP contribution in [0.15, 0.2) is 58.4 Å². The molecule has 2 amide bonds. The molecule has 9 heteroatoms. The molecule has 1 heterocycles. The Morgan fingerprint density at radius 2 is 1.70 bits per heavy atom. The van der Waals surface area contributed by atoms with Crippen molar-refractivity contribution in [1.29, 1.82) is 0 Å². The van der Waals surface area contributed by atoms with E-state index in [1.54, 1.807) is 29.6 Å². The Hall–Kier alpha value is -2.78. The lowest BCUT2D eigenvalue weighted by Gasteiger charge is -2.06. The highest BCUT2D eigenvalue weighted by Crippen LogP contribution is 2.16. The van der Waals surface area contributed by atoms with Gasteiger partial charge in [-0.3, -0.25) is 20.4 Å². The zero-order chi connectivity index (χ0) is 19.2. The molecule has 0 radical (unpaired) electrons. The fraction of sp³-hybridized carbons (Fsp3) is 0.0556. The van der Waals surface area contributed by atoms with Crippen molar-refractivity contribution in [3.05, 3.63) is 80.5 Å². The first-order chi connectivity index (χ1) is 13.0. The number of hydrogen-bond donors (Lipinski definition) is 2. The van der Waals surface area contributed by atoms with E-state index in [1.807, 2.05) is 0 Å². The maximum absolute atomic E-state index is 12.9. The molecule has 0 unspecified atom stereocenters. The molecule has 0 spiro atoms. The van der Waals surface area contributed by atoms with Crippen LogP contribution in [-0.4, -0.2) is 16.8 Å². The molecule has 0 aliphatic carbocycles. The number of nitrogens with zero attached hydrogens (tertiary/aromatic N) is 1. The largest absolute Gasteiger partial charge is 0.486 e. The summed E-state index contributed by atoms with van der Waals surface area (Å²) in [7, 11) is 0. The number of benzene rings is 2. The summed E-state index contributed by atoms with van der Waals surface area (Å²) in [6.45, 7) is 0.148. The molecule has 0 aliphatic heterocycles. The Morgan fingerprint density at radius 3 is 2.41 bits per heavy atom. The second-order valence-electron chi connectivity index (χ2n) is 5.28. The Morgan fingerprint density at radius 1 is 1.04 bits per heavy atom. The third-order valence-corrected chi connectivity index (χ3v) is 4.71. The molecule has 2 N–H and O–H groups in total. The molecule has 0 bridgehead atoms. The normalized spacial score (nSPS) is 10.3. The lowest BCUT2D eigenvalue weighted by molar-refractivity contribution is 0.0844. The van der Waals surface area contributed by atoms with Gasteiger partial charge in [0.15, 0.2) is 0 Å². The molecule has 27 heavy (non-hydrogen) atoms. The van der Waals surface area contributed by atoms with Crippen molar-refractivity contribution >= 4 is 39.1 Å². The van der Waals surface area contributed by atoms with Crippen LogP contribution in [0.4, 0.5) is 4.39 Å². The quantitative estimate of drug-likeness (QED) is 0.581. The number of carbonyl (C=O) groups is 2. The van der Waals surface area contributed by atoms with E-state index in [2.05, 4.69) is 31.8 Å². The van der Waals surface area contributed by atoms with Gasteiger partial charge in [0.1, 0.15) is 28.9 Å². The molecule has 6 nitrogen and oxygen atoms in total. The van der Waals surface area contributed by atoms with Gasteiger partial charge in [-0.25, -0.2) is 9.37 Å². The van der Waals surface area contributed by atoms with Gasteiger partial charge in [-0.15, -0.1) is 11.3 Å². The van der Waals surface area contributed by atoms with E-state index in [0.29, 0.717) is 16.3 Å². The van der Waals surface area contributed by atoms with Gasteiger partial charge in [-0.1, -0.05) is 15.9 Å². The van der Waals surface area contributed by atoms with Crippen LogP contribution in [0, 0.1) is 5.82 Å². The molecule has 0 saturated heterocycles. The zero-order valence-electron chi connectivity index (χ0n) is 13.7. The maximum Gasteiger partial charge on any atom is 0.289 e. The zero-order valence-corrected chi connectivity index (χ0v) is 16.1. The van der Waals surface area contributed by atoms with Crippen LogP contribution in [0.25, 0.3) is 0 Å². The van der Waals surface area contributed by atoms with Crippen molar-refractivity contribution in [2.75, 3.05) is 0 Å². The first-order valence-corrected chi connectivity index (χ1v) is 9.37. The van der Waals surface area contributed by atoms with Gasteiger partial charge in [0.05, 0.1) is 0 Å². The average molecular weight is 450 g/mol. The van der Waals surface area contributed by atoms with Gasteiger partial charge in [-0.05, 0) is 48.5 Å². The second kappa shape index (κ2) is 8.74. The Labute approximate surface area is 166 Å². The molecule has 1 aromatic heterocycles. The smallest absolute Gasteiger partial charge is 0.289 e. The summed E-state index contributed by atoms with van der Waals surface area (Å²) >= 11 is 4.53. The predicted molar refractivity (Wildman–Crippen MR) is 102 cm³/mol. The molecular weight excluding hydrogens is 437 g/mol. The molecular formula is C18H13BrFN3O3S. The summed E-state index contributed by atoms with van der Waals surface area (Å²) in [6.07, 6.45) is 0. The monoisotopic (exact) mass is 449 g/mol. The molecule has 0 atom stereocenters. The van der Waals surface area contributed by atoms with E-state index >= 15 is 0 Å². The van der Waals surface area contributed by atoms with Gasteiger partial charge in [-0.2, -0.15) is 0 Å². The third kappa shape index (κ3) is 5.35. The van der Waals surface area contributed by atoms with Crippen molar-refractivity contribution in [3.8, 4) is 5.75 Å². The van der Waals surface area contributed by atoms with Crippen LogP contribution in [0.3, 0.4) is 0 Å². The summed E-state index contributed by atoms with van der Waals surface area (Å²) in [5.41, 5.74) is 5.22. The van der Waals surface area contributed by atoms with Crippen LogP contribution in [0.2, 0.25) is 0 Å². The van der Waals surface area contributed by atoms with Crippen molar-refractivity contribution < 1.29 is 18.7 Å². The van der Waals surface area contributed by atoms with Crippen LogP contribution in [-0.2, 0) is 6.61 Å². The molecule has 2 aromatic carbocycles. The van der Waals surface area contributed by atoms with Crippen LogP contribution in [0.1, 0.15) is 25.9 Å². The van der Waals surface area contributed by atoms with Gasteiger partial charge in [0, 0.05) is 15.4 Å². The van der Waals surface area contributed by atoms with Crippen LogP contribution >= 0.6 is 27.3 Å². The van der Waals surface area contributed by atoms with Crippen molar-refractivity contribution in [3.63, 3.8) is 0 Å². The molecule has 3 aromatic rings. The highest BCUT2D eigenvalue weighted by molar-refractivity contribution is 9.10. The van der Waals surface area contributed by atoms with Gasteiger partial charge < -0.3 is 4.74 Å². The second-order valence-corrected chi connectivity index (χ2v) is 7.14. The van der Waals surface area contributed by atoms with E-state index in [4.69, 9.17) is 4.74 Å². The molecule has 0 fully saturated rings. The highest BCUT2D eigenvalue weighted by Gasteiger charge is 2.13. The fourth-order valence-electron chi connectivity index (χ4n) is 2.01. The summed E-state index contributed by atoms with van der Waals surface area (Å²) in [5, 5.41) is 2.13. The predicted octanol–water partition coefficient (Wildman–Crippen LogP) is 3.70. The first kappa shape index (κ1) is 19.0. The van der Waals surface area contributed by atoms with E-state index < -0.39 is 11.8 Å². The summed E-state index contributed by atoms with van der Waals surface area (Å²) in [4.78, 5) is 28.2. The van der Waals surface area contributed by atoms with Crippen molar-refractivity contribution in [1.82, 2.24) is 15.8 Å². The first-order valence-electron chi connectivity index (χ1n) is 7.70. The summed E-state index contributed by atoms with van der Waals surface area (Å²) in [5.74, 6) is -0.823. The summed E-state index contributed by atoms with van der Waals surface area (Å²) in [6, 6.07) is 12.3. The molecule has 3 rings (SSSR count). The number of hydrogen-bond acceptors (Lipinski definition) is 5. The van der Waals surface area contributed by atoms with Gasteiger partial charge in [0.25, 0.3) is 11.8 Å². The number of halogens is 2. The third-order valence-electron chi connectivity index (χ3n) is 3.36. The highest BCUT2D eigenvalue weighted by atomic mass is 79.9. The number of aromatic nitrogens is 1. The van der Waals surface area contributed by atoms with Gasteiger partial charge >= 0.3 is 0 Å². The lowest BCUT2D eigenvalue weighted by atomic mass is 10.2. The number of ether oxygens (including phenoxy) is 1. The maximum atomic E-state index is 12.9. The minimum Gasteiger partial charge on any atom is -0.486 e. The van der Waals surface area contributed by atoms with Crippen molar-refractivity contribution in [2.24, 2.45) is 0 Å². The number of carbonyl (C=O) groups excluding carboxylic acids is 2. The number of amides is 2. The Bertz CT molecular complexity index is 945. The standard InChI is InChI=1S/C18H13BrFN3O3S/c19-12-3-1-11(2-4-12)17(24)22-23-18(25)15-10-27-16(21-15)9-26-14-7-5-13(20)6-8-14/h1-8,10H,9H2,(H,22,24)(H,23,25). The van der Waals surface area contributed by atoms with E-state index in [1.165, 1.54) is 35.6 Å². The summed E-state index contributed by atoms with van der Waals surface area (Å²) < 4.78 is 19.2. The topological polar surface area (TPSA) is 80.3 Å². The van der Waals surface area contributed by atoms with E-state index in [0.717, 1.165) is 4.47 Å². The van der Waals surface area contributed by atoms with Crippen LogP contribution < -0.4 is 15.6 Å². The van der Waals surface area contributed by atoms with Crippen LogP contribution in [0.5, 0.6) is 5.75 Å². The number of thiazole rings is 1. The van der Waals surface area contributed by atoms with E-state index in [9.17, 15) is 14.0 Å². The minimum absolute atomic E-state index is 0.148. The minimum atomic E-state index is -0.537. The number of nitrogens with one attached hydrogen (secondary N) is 2. The number of rotatable bonds is 5. The fourth-order valence-corrected chi connectivity index (χ4v) is 2.96. The SMILES string of the molecule is O=C(NNC(=O)c1csc(COc2ccc(F)cc2)n1)c1ccc(Br)cc1. The molecule has 138 valence electrons.